The van der Waals surface area contributed by atoms with Crippen molar-refractivity contribution in [3.63, 3.8) is 0 Å². The highest BCUT2D eigenvalue weighted by molar-refractivity contribution is 7.91. The molecule has 1 fully saturated rings. The third kappa shape index (κ3) is 3.23. The first-order valence-corrected chi connectivity index (χ1v) is 8.11. The number of nitrogens with two attached hydrogens (primary N) is 1. The Kier molecular flexibility index (Phi) is 3.92. The molecule has 1 unspecified atom stereocenters. The lowest BCUT2D eigenvalue weighted by Gasteiger charge is -2.26. The molecule has 1 aliphatic rings. The van der Waals surface area contributed by atoms with Crippen LogP contribution in [0, 0.1) is 0 Å². The van der Waals surface area contributed by atoms with E-state index in [1.165, 1.54) is 0 Å². The van der Waals surface area contributed by atoms with E-state index >= 15 is 0 Å². The lowest BCUT2D eigenvalue weighted by Crippen LogP contribution is -2.35. The van der Waals surface area contributed by atoms with Crippen LogP contribution in [0.2, 0.25) is 0 Å². The van der Waals surface area contributed by atoms with Gasteiger partial charge in [-0.15, -0.1) is 0 Å². The van der Waals surface area contributed by atoms with Crippen molar-refractivity contribution in [2.45, 2.75) is 25.9 Å². The molecule has 2 N–H and O–H groups in total. The zero-order valence-electron chi connectivity index (χ0n) is 10.7. The van der Waals surface area contributed by atoms with Crippen LogP contribution in [0.15, 0.2) is 24.3 Å². The van der Waals surface area contributed by atoms with Gasteiger partial charge in [0.2, 0.25) is 0 Å². The quantitative estimate of drug-likeness (QED) is 0.836. The smallest absolute Gasteiger partial charge is 0.151 e. The summed E-state index contributed by atoms with van der Waals surface area (Å²) in [4.78, 5) is 2.22. The van der Waals surface area contributed by atoms with E-state index in [0.717, 1.165) is 30.8 Å². The van der Waals surface area contributed by atoms with E-state index in [1.807, 2.05) is 24.3 Å². The van der Waals surface area contributed by atoms with E-state index in [9.17, 15) is 8.42 Å². The first-order valence-electron chi connectivity index (χ1n) is 6.29. The van der Waals surface area contributed by atoms with E-state index in [1.54, 1.807) is 0 Å². The van der Waals surface area contributed by atoms with Gasteiger partial charge in [0.05, 0.1) is 11.5 Å². The maximum absolute atomic E-state index is 11.5. The Morgan fingerprint density at radius 3 is 2.78 bits per heavy atom. The summed E-state index contributed by atoms with van der Waals surface area (Å²) in [5.74, 6) is 0.619. The first-order chi connectivity index (χ1) is 8.50. The third-order valence-corrected chi connectivity index (χ3v) is 5.22. The molecule has 4 nitrogen and oxygen atoms in total. The molecule has 18 heavy (non-hydrogen) atoms. The van der Waals surface area contributed by atoms with Crippen molar-refractivity contribution in [2.75, 3.05) is 23.8 Å². The number of nitrogen functional groups attached to an aromatic ring is 1. The lowest BCUT2D eigenvalue weighted by molar-refractivity contribution is 0.215. The Bertz CT molecular complexity index is 513. The van der Waals surface area contributed by atoms with Gasteiger partial charge in [-0.05, 0) is 30.7 Å². The van der Waals surface area contributed by atoms with Crippen LogP contribution in [0.3, 0.4) is 0 Å². The molecule has 1 atom stereocenters. The summed E-state index contributed by atoms with van der Waals surface area (Å²) < 4.78 is 23.0. The summed E-state index contributed by atoms with van der Waals surface area (Å²) in [6.45, 7) is 3.69. The highest BCUT2D eigenvalue weighted by Gasteiger charge is 2.31. The molecule has 0 aliphatic carbocycles. The average molecular weight is 268 g/mol. The second kappa shape index (κ2) is 5.28. The molecule has 0 spiro atoms. The van der Waals surface area contributed by atoms with Crippen LogP contribution in [0.5, 0.6) is 0 Å². The Labute approximate surface area is 109 Å². The number of benzene rings is 1. The molecule has 0 amide bonds. The summed E-state index contributed by atoms with van der Waals surface area (Å²) >= 11 is 0. The molecule has 1 aromatic carbocycles. The van der Waals surface area contributed by atoms with Gasteiger partial charge in [0, 0.05) is 18.3 Å². The SMILES string of the molecule is CCN(Cc1cccc(N)c1)C1CCS(=O)(=O)C1. The Balaban J connectivity index is 2.06. The minimum atomic E-state index is -2.82. The van der Waals surface area contributed by atoms with Gasteiger partial charge in [-0.3, -0.25) is 4.90 Å². The van der Waals surface area contributed by atoms with Crippen LogP contribution >= 0.6 is 0 Å². The van der Waals surface area contributed by atoms with Crippen molar-refractivity contribution < 1.29 is 8.42 Å². The molecule has 0 saturated carbocycles. The van der Waals surface area contributed by atoms with Gasteiger partial charge in [0.1, 0.15) is 0 Å². The monoisotopic (exact) mass is 268 g/mol. The Morgan fingerprint density at radius 2 is 2.22 bits per heavy atom. The van der Waals surface area contributed by atoms with Gasteiger partial charge in [-0.1, -0.05) is 19.1 Å². The van der Waals surface area contributed by atoms with Crippen LogP contribution in [0.1, 0.15) is 18.9 Å². The molecule has 0 bridgehead atoms. The minimum Gasteiger partial charge on any atom is -0.399 e. The minimum absolute atomic E-state index is 0.154. The molecule has 1 saturated heterocycles. The highest BCUT2D eigenvalue weighted by Crippen LogP contribution is 2.20. The molecule has 0 aromatic heterocycles. The van der Waals surface area contributed by atoms with E-state index in [-0.39, 0.29) is 6.04 Å². The van der Waals surface area contributed by atoms with E-state index in [4.69, 9.17) is 5.73 Å². The maximum atomic E-state index is 11.5. The van der Waals surface area contributed by atoms with Gasteiger partial charge in [-0.2, -0.15) is 0 Å². The molecule has 1 aromatic rings. The van der Waals surface area contributed by atoms with Gasteiger partial charge < -0.3 is 5.73 Å². The summed E-state index contributed by atoms with van der Waals surface area (Å²) in [6, 6.07) is 7.93. The Hall–Kier alpha value is -1.07. The second-order valence-electron chi connectivity index (χ2n) is 4.86. The lowest BCUT2D eigenvalue weighted by atomic mass is 10.1. The van der Waals surface area contributed by atoms with Crippen LogP contribution < -0.4 is 5.73 Å². The number of nitrogens with zero attached hydrogens (tertiary/aromatic N) is 1. The predicted molar refractivity (Wildman–Crippen MR) is 74.0 cm³/mol. The molecule has 5 heteroatoms. The molecule has 1 heterocycles. The number of hydrogen-bond donors (Lipinski definition) is 1. The molecule has 1 aliphatic heterocycles. The fourth-order valence-corrected chi connectivity index (χ4v) is 4.25. The topological polar surface area (TPSA) is 63.4 Å². The van der Waals surface area contributed by atoms with Crippen LogP contribution in [-0.4, -0.2) is 37.4 Å². The molecule has 100 valence electrons. The summed E-state index contributed by atoms with van der Waals surface area (Å²) in [7, 11) is -2.82. The zero-order valence-corrected chi connectivity index (χ0v) is 11.5. The number of sulfone groups is 1. The largest absolute Gasteiger partial charge is 0.399 e. The van der Waals surface area contributed by atoms with Gasteiger partial charge in [0.15, 0.2) is 9.84 Å². The number of rotatable bonds is 4. The fraction of sp³-hybridized carbons (Fsp3) is 0.538. The zero-order chi connectivity index (χ0) is 13.2. The summed E-state index contributed by atoms with van der Waals surface area (Å²) in [5.41, 5.74) is 7.65. The van der Waals surface area contributed by atoms with Crippen molar-refractivity contribution in [1.82, 2.24) is 4.90 Å². The van der Waals surface area contributed by atoms with E-state index in [0.29, 0.717) is 11.5 Å². The number of hydrogen-bond acceptors (Lipinski definition) is 4. The Morgan fingerprint density at radius 1 is 1.44 bits per heavy atom. The molecular formula is C13H20N2O2S. The fourth-order valence-electron chi connectivity index (χ4n) is 2.49. The van der Waals surface area contributed by atoms with Crippen LogP contribution in [-0.2, 0) is 16.4 Å². The van der Waals surface area contributed by atoms with E-state index < -0.39 is 9.84 Å². The highest BCUT2D eigenvalue weighted by atomic mass is 32.2. The summed E-state index contributed by atoms with van der Waals surface area (Å²) in [6.07, 6.45) is 0.749. The first kappa shape index (κ1) is 13.4. The molecular weight excluding hydrogens is 248 g/mol. The van der Waals surface area contributed by atoms with Gasteiger partial charge >= 0.3 is 0 Å². The second-order valence-corrected chi connectivity index (χ2v) is 7.09. The third-order valence-electron chi connectivity index (χ3n) is 3.47. The van der Waals surface area contributed by atoms with Crippen LogP contribution in [0.25, 0.3) is 0 Å². The van der Waals surface area contributed by atoms with Crippen molar-refractivity contribution >= 4 is 15.5 Å². The number of anilines is 1. The molecule has 2 rings (SSSR count). The predicted octanol–water partition coefficient (Wildman–Crippen LogP) is 1.28. The van der Waals surface area contributed by atoms with Crippen molar-refractivity contribution in [3.05, 3.63) is 29.8 Å². The van der Waals surface area contributed by atoms with Gasteiger partial charge in [-0.25, -0.2) is 8.42 Å². The van der Waals surface area contributed by atoms with E-state index in [2.05, 4.69) is 11.8 Å². The van der Waals surface area contributed by atoms with Crippen LogP contribution in [0.4, 0.5) is 5.69 Å². The van der Waals surface area contributed by atoms with Crippen molar-refractivity contribution in [2.24, 2.45) is 0 Å². The average Bonchev–Trinajstić information content (AvgIpc) is 2.66. The van der Waals surface area contributed by atoms with Crippen molar-refractivity contribution in [1.29, 1.82) is 0 Å². The normalized spacial score (nSPS) is 22.4. The maximum Gasteiger partial charge on any atom is 0.151 e. The molecule has 0 radical (unpaired) electrons. The standard InChI is InChI=1S/C13H20N2O2S/c1-2-15(13-6-7-18(16,17)10-13)9-11-4-3-5-12(14)8-11/h3-5,8,13H,2,6-7,9-10,14H2,1H3. The van der Waals surface area contributed by atoms with Gasteiger partial charge in [0.25, 0.3) is 0 Å². The van der Waals surface area contributed by atoms with Crippen molar-refractivity contribution in [3.8, 4) is 0 Å². The summed E-state index contributed by atoms with van der Waals surface area (Å²) in [5, 5.41) is 0.